The maximum atomic E-state index is 13.5. The van der Waals surface area contributed by atoms with Crippen molar-refractivity contribution < 1.29 is 9.53 Å². The lowest BCUT2D eigenvalue weighted by molar-refractivity contribution is -0.142. The monoisotopic (exact) mass is 403 g/mol. The highest BCUT2D eigenvalue weighted by Gasteiger charge is 2.43. The summed E-state index contributed by atoms with van der Waals surface area (Å²) in [5, 5.41) is 9.52. The van der Waals surface area contributed by atoms with Gasteiger partial charge in [-0.05, 0) is 60.9 Å². The van der Waals surface area contributed by atoms with Crippen molar-refractivity contribution in [2.75, 3.05) is 0 Å². The molecule has 0 N–H and O–H groups in total. The predicted octanol–water partition coefficient (Wildman–Crippen LogP) is 6.66. The highest BCUT2D eigenvalue weighted by Crippen LogP contribution is 2.41. The fourth-order valence-corrected chi connectivity index (χ4v) is 4.51. The number of hydrogen-bond donors (Lipinski definition) is 0. The zero-order valence-electron chi connectivity index (χ0n) is 18.4. The van der Waals surface area contributed by atoms with E-state index >= 15 is 0 Å². The first-order chi connectivity index (χ1) is 14.6. The van der Waals surface area contributed by atoms with Gasteiger partial charge in [0, 0.05) is 0 Å². The maximum Gasteiger partial charge on any atom is 0.321 e. The summed E-state index contributed by atoms with van der Waals surface area (Å²) >= 11 is 0. The molecule has 0 amide bonds. The molecular formula is C27H33NO2. The van der Waals surface area contributed by atoms with Crippen LogP contribution in [0.1, 0.15) is 87.5 Å². The Morgan fingerprint density at radius 1 is 1.00 bits per heavy atom. The zero-order valence-corrected chi connectivity index (χ0v) is 18.4. The van der Waals surface area contributed by atoms with Crippen LogP contribution in [-0.4, -0.2) is 5.97 Å². The van der Waals surface area contributed by atoms with Crippen molar-refractivity contribution in [3.63, 3.8) is 0 Å². The van der Waals surface area contributed by atoms with Gasteiger partial charge in [0.15, 0.2) is 0 Å². The number of hydrogen-bond acceptors (Lipinski definition) is 3. The SMILES string of the molecule is CCCCCc1ccc(C2(C(=O)Oc3ccc(CC)cc3C#N)CCCCC2)cc1. The predicted molar refractivity (Wildman–Crippen MR) is 121 cm³/mol. The average Bonchev–Trinajstić information content (AvgIpc) is 2.80. The molecule has 0 aromatic heterocycles. The summed E-state index contributed by atoms with van der Waals surface area (Å²) in [6.45, 7) is 4.26. The molecule has 1 aliphatic rings. The molecule has 2 aromatic carbocycles. The molecule has 0 heterocycles. The zero-order chi connectivity index (χ0) is 21.4. The number of aryl methyl sites for hydroxylation is 2. The quantitative estimate of drug-likeness (QED) is 0.281. The van der Waals surface area contributed by atoms with Crippen LogP contribution in [0.3, 0.4) is 0 Å². The summed E-state index contributed by atoms with van der Waals surface area (Å²) in [7, 11) is 0. The Morgan fingerprint density at radius 2 is 1.70 bits per heavy atom. The molecule has 0 aliphatic heterocycles. The molecule has 30 heavy (non-hydrogen) atoms. The second kappa shape index (κ2) is 10.4. The second-order valence-electron chi connectivity index (χ2n) is 8.48. The van der Waals surface area contributed by atoms with Gasteiger partial charge >= 0.3 is 5.97 Å². The number of rotatable bonds is 8. The Bertz CT molecular complexity index is 886. The standard InChI is InChI=1S/C27H33NO2/c1-3-5-7-10-22-11-14-24(15-12-22)27(17-8-6-9-18-27)26(29)30-25-16-13-21(4-2)19-23(25)20-28/h11-16,19H,3-10,17-18H2,1-2H3. The number of nitriles is 1. The van der Waals surface area contributed by atoms with Gasteiger partial charge in [-0.2, -0.15) is 5.26 Å². The van der Waals surface area contributed by atoms with Crippen molar-refractivity contribution in [1.82, 2.24) is 0 Å². The van der Waals surface area contributed by atoms with Gasteiger partial charge in [0.1, 0.15) is 11.8 Å². The minimum atomic E-state index is -0.615. The molecule has 2 aromatic rings. The smallest absolute Gasteiger partial charge is 0.321 e. The van der Waals surface area contributed by atoms with Crippen molar-refractivity contribution in [3.05, 3.63) is 64.7 Å². The lowest BCUT2D eigenvalue weighted by atomic mass is 9.69. The van der Waals surface area contributed by atoms with E-state index in [0.717, 1.165) is 56.1 Å². The lowest BCUT2D eigenvalue weighted by Crippen LogP contribution is -2.41. The van der Waals surface area contributed by atoms with E-state index in [-0.39, 0.29) is 5.97 Å². The van der Waals surface area contributed by atoms with Crippen LogP contribution in [0.2, 0.25) is 0 Å². The molecular weight excluding hydrogens is 370 g/mol. The van der Waals surface area contributed by atoms with E-state index in [1.165, 1.54) is 24.8 Å². The molecule has 3 heteroatoms. The van der Waals surface area contributed by atoms with Gasteiger partial charge < -0.3 is 4.74 Å². The van der Waals surface area contributed by atoms with Gasteiger partial charge in [0.2, 0.25) is 0 Å². The molecule has 0 radical (unpaired) electrons. The highest BCUT2D eigenvalue weighted by atomic mass is 16.5. The number of ether oxygens (including phenoxy) is 1. The topological polar surface area (TPSA) is 50.1 Å². The molecule has 3 nitrogen and oxygen atoms in total. The van der Waals surface area contributed by atoms with Crippen molar-refractivity contribution in [3.8, 4) is 11.8 Å². The molecule has 0 atom stereocenters. The van der Waals surface area contributed by atoms with Crippen LogP contribution in [0.4, 0.5) is 0 Å². The van der Waals surface area contributed by atoms with E-state index in [4.69, 9.17) is 4.74 Å². The average molecular weight is 404 g/mol. The first-order valence-corrected chi connectivity index (χ1v) is 11.5. The molecule has 1 saturated carbocycles. The summed E-state index contributed by atoms with van der Waals surface area (Å²) < 4.78 is 5.88. The van der Waals surface area contributed by atoms with Crippen molar-refractivity contribution >= 4 is 5.97 Å². The normalized spacial score (nSPS) is 15.4. The van der Waals surface area contributed by atoms with E-state index in [0.29, 0.717) is 11.3 Å². The summed E-state index contributed by atoms with van der Waals surface area (Å²) in [6, 6.07) is 16.3. The third kappa shape index (κ3) is 4.93. The van der Waals surface area contributed by atoms with Gasteiger partial charge in [-0.15, -0.1) is 0 Å². The Morgan fingerprint density at radius 3 is 2.33 bits per heavy atom. The Hall–Kier alpha value is -2.60. The summed E-state index contributed by atoms with van der Waals surface area (Å²) in [5.41, 5.74) is 3.26. The maximum absolute atomic E-state index is 13.5. The first-order valence-electron chi connectivity index (χ1n) is 11.5. The van der Waals surface area contributed by atoms with Crippen molar-refractivity contribution in [2.45, 2.75) is 83.5 Å². The lowest BCUT2D eigenvalue weighted by Gasteiger charge is -2.35. The number of carbonyl (C=O) groups is 1. The Balaban J connectivity index is 1.85. The van der Waals surface area contributed by atoms with Crippen LogP contribution >= 0.6 is 0 Å². The number of unbranched alkanes of at least 4 members (excludes halogenated alkanes) is 2. The molecule has 1 fully saturated rings. The minimum absolute atomic E-state index is 0.221. The Kier molecular flexibility index (Phi) is 7.69. The molecule has 1 aliphatic carbocycles. The first kappa shape index (κ1) is 22.1. The summed E-state index contributed by atoms with van der Waals surface area (Å²) in [4.78, 5) is 13.5. The Labute approximate surface area is 181 Å². The van der Waals surface area contributed by atoms with Gasteiger partial charge in [-0.1, -0.05) is 76.3 Å². The fraction of sp³-hybridized carbons (Fsp3) is 0.481. The van der Waals surface area contributed by atoms with Crippen molar-refractivity contribution in [2.24, 2.45) is 0 Å². The van der Waals surface area contributed by atoms with Crippen LogP contribution in [0.5, 0.6) is 5.75 Å². The highest BCUT2D eigenvalue weighted by molar-refractivity contribution is 5.85. The number of esters is 1. The van der Waals surface area contributed by atoms with Crippen LogP contribution < -0.4 is 4.74 Å². The third-order valence-electron chi connectivity index (χ3n) is 6.45. The van der Waals surface area contributed by atoms with E-state index in [9.17, 15) is 10.1 Å². The summed E-state index contributed by atoms with van der Waals surface area (Å²) in [6.07, 6.45) is 10.4. The van der Waals surface area contributed by atoms with E-state index in [2.05, 4.69) is 37.3 Å². The van der Waals surface area contributed by atoms with E-state index < -0.39 is 5.41 Å². The molecule has 0 bridgehead atoms. The molecule has 0 spiro atoms. The summed E-state index contributed by atoms with van der Waals surface area (Å²) in [5.74, 6) is 0.155. The third-order valence-corrected chi connectivity index (χ3v) is 6.45. The second-order valence-corrected chi connectivity index (χ2v) is 8.48. The largest absolute Gasteiger partial charge is 0.424 e. The van der Waals surface area contributed by atoms with Gasteiger partial charge in [0.25, 0.3) is 0 Å². The number of carbonyl (C=O) groups excluding carboxylic acids is 1. The number of nitrogens with zero attached hydrogens (tertiary/aromatic N) is 1. The number of benzene rings is 2. The molecule has 158 valence electrons. The van der Waals surface area contributed by atoms with Gasteiger partial charge in [-0.3, -0.25) is 4.79 Å². The molecule has 3 rings (SSSR count). The van der Waals surface area contributed by atoms with Crippen LogP contribution in [0.25, 0.3) is 0 Å². The minimum Gasteiger partial charge on any atom is -0.424 e. The van der Waals surface area contributed by atoms with Crippen LogP contribution in [-0.2, 0) is 23.1 Å². The van der Waals surface area contributed by atoms with Crippen molar-refractivity contribution in [1.29, 1.82) is 5.26 Å². The molecule has 0 saturated heterocycles. The van der Waals surface area contributed by atoms with Gasteiger partial charge in [-0.25, -0.2) is 0 Å². The van der Waals surface area contributed by atoms with Crippen LogP contribution in [0.15, 0.2) is 42.5 Å². The molecule has 0 unspecified atom stereocenters. The van der Waals surface area contributed by atoms with E-state index in [1.807, 2.05) is 19.1 Å². The van der Waals surface area contributed by atoms with E-state index in [1.54, 1.807) is 6.07 Å². The fourth-order valence-electron chi connectivity index (χ4n) is 4.51. The van der Waals surface area contributed by atoms with Gasteiger partial charge in [0.05, 0.1) is 11.0 Å². The van der Waals surface area contributed by atoms with Crippen LogP contribution in [0, 0.1) is 11.3 Å².